The molecule has 2 aromatic carbocycles. The Kier molecular flexibility index (Phi) is 35.8. The van der Waals surface area contributed by atoms with Gasteiger partial charge in [-0.25, -0.2) is 60.7 Å². The Morgan fingerprint density at radius 3 is 0.694 bits per heavy atom. The largest absolute Gasteiger partial charge is 0.527 e. The topological polar surface area (TPSA) is 833 Å². The van der Waals surface area contributed by atoms with Gasteiger partial charge in [-0.1, -0.05) is 44.0 Å². The second-order valence-corrected chi connectivity index (χ2v) is 44.4. The molecule has 14 rings (SSSR count). The summed E-state index contributed by atoms with van der Waals surface area (Å²) in [4.78, 5) is 272. The lowest BCUT2D eigenvalue weighted by Crippen LogP contribution is -2.33. The van der Waals surface area contributed by atoms with E-state index >= 15 is 0 Å². The van der Waals surface area contributed by atoms with Gasteiger partial charge in [0.25, 0.3) is 33.4 Å². The van der Waals surface area contributed by atoms with Crippen LogP contribution in [0.25, 0.3) is 0 Å². The van der Waals surface area contributed by atoms with Gasteiger partial charge < -0.3 is 72.6 Å². The summed E-state index contributed by atoms with van der Waals surface area (Å²) in [6, 6.07) is 10.3. The second-order valence-electron chi connectivity index (χ2n) is 33.6. The number of amides is 2. The van der Waals surface area contributed by atoms with E-state index in [1.807, 2.05) is 19.9 Å². The molecule has 0 spiro atoms. The standard InChI is InChI=1S/C76H93Br2N14O48P7/c1-35-23-87(71(101)81-65(35)95)59-15-45(51(127-59)29-121-141(107,108)133-43-11-7-9-41(13-43)79-57(93)21-77)135-142(109,110)122-30-52-46(16-60(128-52)88-24-36(2)66(96)82-72(88)102)136-143(111,112)123-31-53-47(17-61(129-53)89-25-37(3)67(97)83-73(89)103)137-144(113,114)124-32-54-48(18-62(130-54)90-26-38(4)68(98)84-74(90)104)138-145(115,116)125-33-55-49(19-63(131-55)91-27-39(5)69(99)85-75(91)105)139-146(117,118)126-34-56-50(20-64(132-56)92-28-40(6)70(100)86-76(92)106)140-147(119,120)134-44-12-8-10-42(14-44)80-58(94)22-78/h7-14,23-28,45-56,59-64H,15-22,29-34H2,1-6H3,(H,79,93)(H,80,94)(H,107,108)(H,109,110)(H,111,112)(H,113,114)(H,115,116)(H,117,118)(H,119,120)(H,81,95,101)(H,82,96,102)(H,83,97,103)(H,84,98,104)(H,85,99,105)(H,86,100,106). The van der Waals surface area contributed by atoms with Crippen LogP contribution in [0.15, 0.2) is 143 Å². The predicted octanol–water partition coefficient (Wildman–Crippen LogP) is 1.80. The van der Waals surface area contributed by atoms with E-state index in [1.165, 1.54) is 77.9 Å². The minimum absolute atomic E-state index is 0.0225. The number of halogens is 2. The maximum absolute atomic E-state index is 14.6. The van der Waals surface area contributed by atoms with Crippen molar-refractivity contribution in [1.82, 2.24) is 57.3 Å². The monoisotopic (exact) mass is 2340 g/mol. The van der Waals surface area contributed by atoms with Crippen LogP contribution in [0.3, 0.4) is 0 Å². The fourth-order valence-corrected chi connectivity index (χ4v) is 22.6. The summed E-state index contributed by atoms with van der Waals surface area (Å²) in [7, 11) is -39.3. The van der Waals surface area contributed by atoms with Crippen molar-refractivity contribution in [2.75, 3.05) is 60.9 Å². The van der Waals surface area contributed by atoms with Crippen molar-refractivity contribution in [2.45, 2.75) is 191 Å². The molecule has 147 heavy (non-hydrogen) atoms. The van der Waals surface area contributed by atoms with Gasteiger partial charge >= 0.3 is 88.9 Å². The van der Waals surface area contributed by atoms with Crippen molar-refractivity contribution in [1.29, 1.82) is 0 Å². The van der Waals surface area contributed by atoms with Crippen molar-refractivity contribution in [3.05, 3.63) is 244 Å². The zero-order chi connectivity index (χ0) is 107. The molecule has 2 amide bonds. The second kappa shape index (κ2) is 46.4. The first kappa shape index (κ1) is 113. The normalized spacial score (nSPS) is 27.0. The number of benzene rings is 2. The Morgan fingerprint density at radius 2 is 0.497 bits per heavy atom. The number of aromatic nitrogens is 12. The van der Waals surface area contributed by atoms with E-state index in [2.05, 4.69) is 52.5 Å². The van der Waals surface area contributed by atoms with Gasteiger partial charge in [-0.15, -0.1) is 0 Å². The van der Waals surface area contributed by atoms with Crippen molar-refractivity contribution in [2.24, 2.45) is 0 Å². The van der Waals surface area contributed by atoms with Crippen molar-refractivity contribution >= 4 is 110 Å². The Labute approximate surface area is 837 Å². The highest BCUT2D eigenvalue weighted by Gasteiger charge is 2.53. The zero-order valence-corrected chi connectivity index (χ0v) is 86.2. The minimum atomic E-state index is -5.83. The number of rotatable bonds is 44. The number of phosphoric acid groups is 7. The SMILES string of the molecule is Cc1cn(C2CC(OP(=O)(O)OCC3OC(n4cc(C)c(=O)[nH]c4=O)CC3OP(=O)(O)OCC3OC(n4cc(C)c(=O)[nH]c4=O)CC3OP(=O)(O)OCC3OC(n4cc(C)c(=O)[nH]c4=O)CC3OP(=O)(O)OCC3OC(n4cc(C)c(=O)[nH]c4=O)CC3OP(=O)(O)OCC3OC(n4cc(C)c(=O)[nH]c4=O)CC3OP(=O)(O)Oc3cccc(NC(=O)CBr)c3)C(COP(=O)(O)Oc3cccc(NC(=O)CBr)c3)O2)c(=O)[nH]c1=O. The number of ether oxygens (including phenoxy) is 6. The Bertz CT molecular complexity index is 7390. The smallest absolute Gasteiger partial charge is 0.404 e. The summed E-state index contributed by atoms with van der Waals surface area (Å²) in [6.45, 7) is 0.511. The predicted molar refractivity (Wildman–Crippen MR) is 500 cm³/mol. The fraction of sp³-hybridized carbons (Fsp3) is 0.500. The lowest BCUT2D eigenvalue weighted by molar-refractivity contribution is -0.114. The third-order valence-electron chi connectivity index (χ3n) is 22.8. The molecule has 71 heteroatoms. The van der Waals surface area contributed by atoms with Gasteiger partial charge in [-0.3, -0.25) is 160 Å². The van der Waals surface area contributed by atoms with Crippen LogP contribution in [0.4, 0.5) is 11.4 Å². The molecular weight excluding hydrogens is 2250 g/mol. The summed E-state index contributed by atoms with van der Waals surface area (Å²) >= 11 is 6.00. The molecule has 8 aromatic rings. The molecule has 6 aromatic heterocycles. The van der Waals surface area contributed by atoms with Crippen LogP contribution in [0.5, 0.6) is 11.5 Å². The van der Waals surface area contributed by atoms with Gasteiger partial charge in [0.05, 0.1) is 50.3 Å². The van der Waals surface area contributed by atoms with Crippen LogP contribution < -0.4 is 87.2 Å². The van der Waals surface area contributed by atoms with Crippen molar-refractivity contribution in [3.63, 3.8) is 0 Å². The molecule has 0 bridgehead atoms. The maximum Gasteiger partial charge on any atom is 0.527 e. The number of carbonyl (C=O) groups is 2. The van der Waals surface area contributed by atoms with E-state index in [0.717, 1.165) is 76.7 Å². The van der Waals surface area contributed by atoms with Gasteiger partial charge in [0, 0.05) is 133 Å². The maximum atomic E-state index is 14.6. The van der Waals surface area contributed by atoms with Crippen LogP contribution >= 0.6 is 86.6 Å². The van der Waals surface area contributed by atoms with Crippen LogP contribution in [0.2, 0.25) is 0 Å². The summed E-state index contributed by atoms with van der Waals surface area (Å²) in [5.41, 5.74) is -12.1. The zero-order valence-electron chi connectivity index (χ0n) is 76.8. The molecule has 0 saturated carbocycles. The number of carbonyl (C=O) groups excluding carboxylic acids is 2. The van der Waals surface area contributed by atoms with Crippen molar-refractivity contribution in [3.8, 4) is 11.5 Å². The first-order valence-electron chi connectivity index (χ1n) is 43.4. The average molecular weight is 2350 g/mol. The van der Waals surface area contributed by atoms with Crippen molar-refractivity contribution < 1.29 is 168 Å². The molecule has 25 atom stereocenters. The molecule has 6 fully saturated rings. The summed E-state index contributed by atoms with van der Waals surface area (Å²) < 4.78 is 217. The Hall–Kier alpha value is -9.37. The molecular formula is C76H93Br2N14O48P7. The van der Waals surface area contributed by atoms with Crippen LogP contribution in [0, 0.1) is 41.5 Å². The Balaban J connectivity index is 0.669. The lowest BCUT2D eigenvalue weighted by atomic mass is 10.2. The van der Waals surface area contributed by atoms with Crippen LogP contribution in [-0.4, -0.2) is 227 Å². The van der Waals surface area contributed by atoms with E-state index in [1.54, 1.807) is 0 Å². The molecule has 6 aliphatic heterocycles. The Morgan fingerprint density at radius 1 is 0.313 bits per heavy atom. The van der Waals surface area contributed by atoms with Crippen LogP contribution in [-0.2, 0) is 124 Å². The van der Waals surface area contributed by atoms with E-state index < -0.39 is 323 Å². The third-order valence-corrected chi connectivity index (χ3v) is 30.7. The molecule has 804 valence electrons. The number of hydrogen-bond donors (Lipinski definition) is 15. The summed E-state index contributed by atoms with van der Waals surface area (Å²) in [6.07, 6.45) is -29.8. The highest BCUT2D eigenvalue weighted by molar-refractivity contribution is 9.09. The van der Waals surface area contributed by atoms with Gasteiger partial charge in [-0.2, -0.15) is 0 Å². The molecule has 12 heterocycles. The van der Waals surface area contributed by atoms with Gasteiger partial charge in [-0.05, 0) is 65.8 Å². The first-order chi connectivity index (χ1) is 68.9. The number of nitrogens with zero attached hydrogens (tertiary/aromatic N) is 6. The van der Waals surface area contributed by atoms with Gasteiger partial charge in [0.1, 0.15) is 122 Å². The lowest BCUT2D eigenvalue weighted by Gasteiger charge is -2.26. The quantitative estimate of drug-likeness (QED) is 0.0191. The number of phosphoric ester groups is 7. The molecule has 0 radical (unpaired) electrons. The molecule has 15 N–H and O–H groups in total. The van der Waals surface area contributed by atoms with Gasteiger partial charge in [0.15, 0.2) is 0 Å². The summed E-state index contributed by atoms with van der Waals surface area (Å²) in [5.74, 6) is -1.65. The van der Waals surface area contributed by atoms with E-state index in [-0.39, 0.29) is 66.9 Å². The van der Waals surface area contributed by atoms with Crippen LogP contribution in [0.1, 0.15) is 109 Å². The number of hydrogen-bond acceptors (Lipinski definition) is 41. The molecule has 62 nitrogen and oxygen atoms in total. The highest BCUT2D eigenvalue weighted by Crippen LogP contribution is 2.58. The molecule has 6 saturated heterocycles. The number of aryl methyl sites for hydroxylation is 6. The molecule has 6 aliphatic rings. The fourth-order valence-electron chi connectivity index (χ4n) is 15.7. The van der Waals surface area contributed by atoms with E-state index in [4.69, 9.17) is 91.8 Å². The highest BCUT2D eigenvalue weighted by atomic mass is 79.9. The molecule has 0 aliphatic carbocycles. The van der Waals surface area contributed by atoms with Gasteiger partial charge in [0.2, 0.25) is 11.8 Å². The number of nitrogens with one attached hydrogen (secondary N) is 8. The molecule has 25 unspecified atom stereocenters. The number of aromatic amines is 6. The van der Waals surface area contributed by atoms with E-state index in [9.17, 15) is 133 Å². The number of H-pyrrole nitrogens is 6. The van der Waals surface area contributed by atoms with E-state index in [0.29, 0.717) is 0 Å². The third kappa shape index (κ3) is 29.3. The number of alkyl halides is 2. The average Bonchev–Trinajstić information content (AvgIpc) is 1.67. The minimum Gasteiger partial charge on any atom is -0.404 e. The first-order valence-corrected chi connectivity index (χ1v) is 56.1. The summed E-state index contributed by atoms with van der Waals surface area (Å²) in [5, 5.41) is 4.73. The number of anilines is 2.